The van der Waals surface area contributed by atoms with E-state index in [2.05, 4.69) is 59.1 Å². The largest absolute Gasteiger partial charge is 0.377 e. The van der Waals surface area contributed by atoms with E-state index in [1.165, 1.54) is 20.4 Å². The van der Waals surface area contributed by atoms with E-state index in [0.29, 0.717) is 11.8 Å². The van der Waals surface area contributed by atoms with Crippen molar-refractivity contribution in [1.29, 1.82) is 0 Å². The molecule has 4 rings (SSSR count). The van der Waals surface area contributed by atoms with Crippen molar-refractivity contribution in [2.24, 2.45) is 5.92 Å². The molecule has 0 saturated carbocycles. The van der Waals surface area contributed by atoms with Crippen LogP contribution in [0.1, 0.15) is 35.1 Å². The van der Waals surface area contributed by atoms with Gasteiger partial charge in [-0.2, -0.15) is 0 Å². The molecule has 1 heterocycles. The maximum absolute atomic E-state index is 11.1. The van der Waals surface area contributed by atoms with Crippen molar-refractivity contribution in [2.45, 2.75) is 25.3 Å². The number of halogens is 1. The zero-order valence-corrected chi connectivity index (χ0v) is 15.4. The van der Waals surface area contributed by atoms with Crippen LogP contribution in [0.3, 0.4) is 0 Å². The lowest BCUT2D eigenvalue weighted by atomic mass is 9.76. The Balaban J connectivity index is 1.81. The van der Waals surface area contributed by atoms with Crippen molar-refractivity contribution in [3.05, 3.63) is 78.9 Å². The van der Waals surface area contributed by atoms with Gasteiger partial charge < -0.3 is 5.32 Å². The Hall–Kier alpha value is -1.89. The van der Waals surface area contributed by atoms with Crippen molar-refractivity contribution in [2.75, 3.05) is 5.32 Å². The summed E-state index contributed by atoms with van der Waals surface area (Å²) in [6.45, 7) is 2.12. The van der Waals surface area contributed by atoms with Crippen LogP contribution in [0.2, 0.25) is 0 Å². The van der Waals surface area contributed by atoms with Crippen molar-refractivity contribution >= 4 is 34.0 Å². The van der Waals surface area contributed by atoms with Gasteiger partial charge in [-0.3, -0.25) is 10.1 Å². The van der Waals surface area contributed by atoms with Crippen LogP contribution in [0, 0.1) is 26.5 Å². The highest BCUT2D eigenvalue weighted by Gasteiger charge is 2.38. The van der Waals surface area contributed by atoms with Crippen molar-refractivity contribution < 1.29 is 4.92 Å². The summed E-state index contributed by atoms with van der Waals surface area (Å²) in [6, 6.07) is 11.6. The fourth-order valence-corrected chi connectivity index (χ4v) is 4.81. The number of non-ortho nitro benzene ring substituents is 1. The zero-order valence-electron chi connectivity index (χ0n) is 13.2. The van der Waals surface area contributed by atoms with E-state index in [0.717, 1.165) is 12.0 Å². The van der Waals surface area contributed by atoms with Gasteiger partial charge in [0.05, 0.1) is 11.0 Å². The number of hydrogen-bond acceptors (Lipinski definition) is 3. The molecule has 1 aliphatic carbocycles. The molecular weight excluding hydrogens is 415 g/mol. The van der Waals surface area contributed by atoms with Gasteiger partial charge in [-0.1, -0.05) is 24.3 Å². The summed E-state index contributed by atoms with van der Waals surface area (Å²) in [6.07, 6.45) is 5.53. The fraction of sp³-hybridized carbons (Fsp3) is 0.263. The number of nitro groups is 1. The number of benzene rings is 2. The molecule has 0 aromatic heterocycles. The average molecular weight is 432 g/mol. The molecule has 0 amide bonds. The molecule has 0 spiro atoms. The van der Waals surface area contributed by atoms with Gasteiger partial charge in [-0.15, -0.1) is 0 Å². The molecule has 2 aromatic carbocycles. The van der Waals surface area contributed by atoms with Crippen molar-refractivity contribution in [3.63, 3.8) is 0 Å². The van der Waals surface area contributed by atoms with Crippen LogP contribution in [0.4, 0.5) is 11.4 Å². The molecule has 0 saturated heterocycles. The monoisotopic (exact) mass is 432 g/mol. The van der Waals surface area contributed by atoms with Crippen LogP contribution in [-0.4, -0.2) is 4.92 Å². The summed E-state index contributed by atoms with van der Waals surface area (Å²) in [7, 11) is 0. The molecule has 3 atom stereocenters. The number of nitrogens with zero attached hydrogens (tertiary/aromatic N) is 1. The van der Waals surface area contributed by atoms with E-state index in [9.17, 15) is 10.1 Å². The third kappa shape index (κ3) is 2.51. The van der Waals surface area contributed by atoms with E-state index >= 15 is 0 Å². The summed E-state index contributed by atoms with van der Waals surface area (Å²) in [5.74, 6) is 0.774. The van der Waals surface area contributed by atoms with Crippen molar-refractivity contribution in [1.82, 2.24) is 0 Å². The average Bonchev–Trinajstić information content (AvgIpc) is 3.04. The Morgan fingerprint density at radius 2 is 2.12 bits per heavy atom. The molecule has 5 heteroatoms. The lowest BCUT2D eigenvalue weighted by Crippen LogP contribution is -2.29. The van der Waals surface area contributed by atoms with Gasteiger partial charge in [-0.25, -0.2) is 0 Å². The lowest BCUT2D eigenvalue weighted by Gasteiger charge is -2.38. The highest BCUT2D eigenvalue weighted by atomic mass is 127. The van der Waals surface area contributed by atoms with Gasteiger partial charge in [0, 0.05) is 27.3 Å². The molecule has 0 fully saturated rings. The first-order chi connectivity index (χ1) is 11.5. The third-order valence-electron chi connectivity index (χ3n) is 5.07. The summed E-state index contributed by atoms with van der Waals surface area (Å²) in [5, 5.41) is 14.8. The highest BCUT2D eigenvalue weighted by molar-refractivity contribution is 14.1. The van der Waals surface area contributed by atoms with E-state index in [-0.39, 0.29) is 16.7 Å². The van der Waals surface area contributed by atoms with Gasteiger partial charge in [-0.05, 0) is 70.7 Å². The topological polar surface area (TPSA) is 55.2 Å². The maximum atomic E-state index is 11.1. The second kappa shape index (κ2) is 5.88. The lowest BCUT2D eigenvalue weighted by molar-refractivity contribution is -0.384. The van der Waals surface area contributed by atoms with Crippen LogP contribution in [-0.2, 0) is 0 Å². The molecule has 2 aromatic rings. The zero-order chi connectivity index (χ0) is 16.8. The molecule has 24 heavy (non-hydrogen) atoms. The number of hydrogen-bond donors (Lipinski definition) is 1. The molecule has 1 aliphatic heterocycles. The predicted molar refractivity (Wildman–Crippen MR) is 103 cm³/mol. The van der Waals surface area contributed by atoms with Crippen LogP contribution in [0.15, 0.2) is 48.6 Å². The van der Waals surface area contributed by atoms with E-state index in [4.69, 9.17) is 0 Å². The number of fused-ring (bicyclic) bond motifs is 3. The predicted octanol–water partition coefficient (Wildman–Crippen LogP) is 5.33. The normalized spacial score (nSPS) is 24.2. The Kier molecular flexibility index (Phi) is 3.83. The SMILES string of the molecule is Cc1cc(I)cc2c1N[C@@H](c1cccc([N+](=O)[O-])c1)[C@H]1CC=C[C@@H]21. The molecule has 1 N–H and O–H groups in total. The summed E-state index contributed by atoms with van der Waals surface area (Å²) < 4.78 is 1.25. The maximum Gasteiger partial charge on any atom is 0.269 e. The second-order valence-electron chi connectivity index (χ2n) is 6.51. The van der Waals surface area contributed by atoms with Gasteiger partial charge in [0.2, 0.25) is 0 Å². The smallest absolute Gasteiger partial charge is 0.269 e. The van der Waals surface area contributed by atoms with Gasteiger partial charge in [0.1, 0.15) is 0 Å². The minimum Gasteiger partial charge on any atom is -0.377 e. The second-order valence-corrected chi connectivity index (χ2v) is 7.76. The summed E-state index contributed by atoms with van der Waals surface area (Å²) >= 11 is 2.37. The van der Waals surface area contributed by atoms with Crippen LogP contribution < -0.4 is 5.32 Å². The molecule has 0 radical (unpaired) electrons. The fourth-order valence-electron chi connectivity index (χ4n) is 4.00. The third-order valence-corrected chi connectivity index (χ3v) is 5.69. The standard InChI is InChI=1S/C19H17IN2O2/c1-11-8-13(20)10-17-15-6-3-7-16(15)19(21-18(11)17)12-4-2-5-14(9-12)22(23)24/h2-6,8-10,15-16,19,21H,7H2,1H3/t15-,16+,19+/m1/s1. The number of anilines is 1. The highest BCUT2D eigenvalue weighted by Crippen LogP contribution is 2.51. The minimum atomic E-state index is -0.321. The number of aryl methyl sites for hydroxylation is 1. The van der Waals surface area contributed by atoms with Crippen LogP contribution >= 0.6 is 22.6 Å². The minimum absolute atomic E-state index is 0.0937. The Morgan fingerprint density at radius 3 is 2.92 bits per heavy atom. The van der Waals surface area contributed by atoms with E-state index in [1.54, 1.807) is 18.2 Å². The molecule has 122 valence electrons. The molecule has 4 nitrogen and oxygen atoms in total. The Bertz CT molecular complexity index is 862. The number of nitrogens with one attached hydrogen (secondary N) is 1. The van der Waals surface area contributed by atoms with Crippen LogP contribution in [0.5, 0.6) is 0 Å². The van der Waals surface area contributed by atoms with E-state index in [1.807, 2.05) is 6.07 Å². The number of rotatable bonds is 2. The number of allylic oxidation sites excluding steroid dienone is 2. The molecule has 0 bridgehead atoms. The quantitative estimate of drug-likeness (QED) is 0.302. The van der Waals surface area contributed by atoms with Gasteiger partial charge in [0.25, 0.3) is 5.69 Å². The first kappa shape index (κ1) is 15.6. The molecule has 0 unspecified atom stereocenters. The van der Waals surface area contributed by atoms with Crippen molar-refractivity contribution in [3.8, 4) is 0 Å². The summed E-state index contributed by atoms with van der Waals surface area (Å²) in [4.78, 5) is 10.8. The Labute approximate surface area is 154 Å². The molecule has 2 aliphatic rings. The first-order valence-corrected chi connectivity index (χ1v) is 9.10. The molecular formula is C19H17IN2O2. The summed E-state index contributed by atoms with van der Waals surface area (Å²) in [5.41, 5.74) is 4.90. The van der Waals surface area contributed by atoms with Gasteiger partial charge in [0.15, 0.2) is 0 Å². The van der Waals surface area contributed by atoms with E-state index < -0.39 is 0 Å². The number of nitro benzene ring substituents is 1. The first-order valence-electron chi connectivity index (χ1n) is 8.02. The van der Waals surface area contributed by atoms with Gasteiger partial charge >= 0.3 is 0 Å². The van der Waals surface area contributed by atoms with Crippen LogP contribution in [0.25, 0.3) is 0 Å². The Morgan fingerprint density at radius 1 is 1.29 bits per heavy atom.